The standard InChI is InChI=1S/C22H27N3O4S/c26-22(18-9-10-23-21(13-18)29-14-17-7-3-1-4-8-17)24-19-15-30(27,28)16-20(19)25-11-5-2-6-12-25/h1,3-4,7-10,13,19-20H,2,5-6,11-12,14-16H2,(H,24,26). The second-order valence-electron chi connectivity index (χ2n) is 7.98. The van der Waals surface area contributed by atoms with Gasteiger partial charge in [-0.2, -0.15) is 0 Å². The molecular weight excluding hydrogens is 402 g/mol. The molecule has 0 saturated carbocycles. The smallest absolute Gasteiger partial charge is 0.251 e. The summed E-state index contributed by atoms with van der Waals surface area (Å²) in [5, 5.41) is 2.96. The van der Waals surface area contributed by atoms with Crippen molar-refractivity contribution in [3.05, 3.63) is 59.8 Å². The quantitative estimate of drug-likeness (QED) is 0.756. The maximum Gasteiger partial charge on any atom is 0.251 e. The van der Waals surface area contributed by atoms with Gasteiger partial charge in [0.1, 0.15) is 6.61 Å². The Hall–Kier alpha value is -2.45. The highest BCUT2D eigenvalue weighted by molar-refractivity contribution is 7.91. The first kappa shape index (κ1) is 20.8. The fraction of sp³-hybridized carbons (Fsp3) is 0.455. The molecule has 160 valence electrons. The van der Waals surface area contributed by atoms with E-state index in [1.165, 1.54) is 12.6 Å². The van der Waals surface area contributed by atoms with Crippen LogP contribution in [0, 0.1) is 0 Å². The minimum atomic E-state index is -3.16. The van der Waals surface area contributed by atoms with Gasteiger partial charge in [-0.15, -0.1) is 0 Å². The van der Waals surface area contributed by atoms with Gasteiger partial charge in [-0.3, -0.25) is 9.69 Å². The Morgan fingerprint density at radius 1 is 1.10 bits per heavy atom. The van der Waals surface area contributed by atoms with Crippen molar-refractivity contribution >= 4 is 15.7 Å². The molecule has 2 fully saturated rings. The van der Waals surface area contributed by atoms with Gasteiger partial charge < -0.3 is 10.1 Å². The van der Waals surface area contributed by atoms with Gasteiger partial charge in [-0.25, -0.2) is 13.4 Å². The van der Waals surface area contributed by atoms with Gasteiger partial charge in [0.05, 0.1) is 17.5 Å². The van der Waals surface area contributed by atoms with Gasteiger partial charge in [0.2, 0.25) is 5.88 Å². The predicted octanol–water partition coefficient (Wildman–Crippen LogP) is 2.04. The number of rotatable bonds is 6. The van der Waals surface area contributed by atoms with Crippen molar-refractivity contribution in [1.29, 1.82) is 0 Å². The van der Waals surface area contributed by atoms with Crippen molar-refractivity contribution in [3.8, 4) is 5.88 Å². The van der Waals surface area contributed by atoms with E-state index in [-0.39, 0.29) is 23.5 Å². The van der Waals surface area contributed by atoms with Crippen molar-refractivity contribution in [2.45, 2.75) is 38.0 Å². The number of carbonyl (C=O) groups excluding carboxylic acids is 1. The van der Waals surface area contributed by atoms with Crippen LogP contribution in [-0.4, -0.2) is 60.9 Å². The zero-order chi connectivity index (χ0) is 21.0. The fourth-order valence-electron chi connectivity index (χ4n) is 4.19. The maximum atomic E-state index is 12.9. The van der Waals surface area contributed by atoms with E-state index in [2.05, 4.69) is 15.2 Å². The Morgan fingerprint density at radius 3 is 2.63 bits per heavy atom. The van der Waals surface area contributed by atoms with Crippen LogP contribution in [0.3, 0.4) is 0 Å². The number of hydrogen-bond donors (Lipinski definition) is 1. The third-order valence-electron chi connectivity index (χ3n) is 5.73. The van der Waals surface area contributed by atoms with Crippen LogP contribution >= 0.6 is 0 Å². The van der Waals surface area contributed by atoms with Crippen LogP contribution in [0.2, 0.25) is 0 Å². The summed E-state index contributed by atoms with van der Waals surface area (Å²) in [7, 11) is -3.16. The summed E-state index contributed by atoms with van der Waals surface area (Å²) in [6.07, 6.45) is 4.85. The molecule has 0 spiro atoms. The number of nitrogens with zero attached hydrogens (tertiary/aromatic N) is 2. The molecule has 2 aliphatic heterocycles. The average Bonchev–Trinajstić information content (AvgIpc) is 3.08. The summed E-state index contributed by atoms with van der Waals surface area (Å²) in [6.45, 7) is 2.13. The third kappa shape index (κ3) is 5.17. The number of ether oxygens (including phenoxy) is 1. The van der Waals surface area contributed by atoms with Crippen molar-refractivity contribution in [2.75, 3.05) is 24.6 Å². The van der Waals surface area contributed by atoms with Gasteiger partial charge >= 0.3 is 0 Å². The van der Waals surface area contributed by atoms with Crippen molar-refractivity contribution in [1.82, 2.24) is 15.2 Å². The van der Waals surface area contributed by atoms with Crippen molar-refractivity contribution in [2.24, 2.45) is 0 Å². The second-order valence-corrected chi connectivity index (χ2v) is 10.1. The molecule has 1 amide bonds. The first-order chi connectivity index (χ1) is 14.5. The Balaban J connectivity index is 1.42. The molecule has 2 atom stereocenters. The maximum absolute atomic E-state index is 12.9. The Labute approximate surface area is 177 Å². The molecule has 7 nitrogen and oxygen atoms in total. The minimum Gasteiger partial charge on any atom is -0.473 e. The lowest BCUT2D eigenvalue weighted by Gasteiger charge is -2.35. The Morgan fingerprint density at radius 2 is 1.87 bits per heavy atom. The van der Waals surface area contributed by atoms with Gasteiger partial charge in [-0.05, 0) is 37.6 Å². The van der Waals surface area contributed by atoms with Gasteiger partial charge in [0.15, 0.2) is 9.84 Å². The average molecular weight is 430 g/mol. The third-order valence-corrected chi connectivity index (χ3v) is 7.44. The zero-order valence-corrected chi connectivity index (χ0v) is 17.7. The highest BCUT2D eigenvalue weighted by Gasteiger charge is 2.42. The largest absolute Gasteiger partial charge is 0.473 e. The number of carbonyl (C=O) groups is 1. The normalized spacial score (nSPS) is 23.7. The first-order valence-corrected chi connectivity index (χ1v) is 12.2. The van der Waals surface area contributed by atoms with E-state index >= 15 is 0 Å². The molecule has 1 aromatic carbocycles. The molecule has 2 unspecified atom stereocenters. The molecular formula is C22H27N3O4S. The molecule has 1 N–H and O–H groups in total. The molecule has 0 bridgehead atoms. The summed E-state index contributed by atoms with van der Waals surface area (Å²) in [5.41, 5.74) is 1.42. The van der Waals surface area contributed by atoms with E-state index in [9.17, 15) is 13.2 Å². The number of likely N-dealkylation sites (tertiary alicyclic amines) is 1. The van der Waals surface area contributed by atoms with E-state index < -0.39 is 15.9 Å². The SMILES string of the molecule is O=C(NC1CS(=O)(=O)CC1N1CCCCC1)c1ccnc(OCc2ccccc2)c1. The van der Waals surface area contributed by atoms with Crippen LogP contribution in [0.5, 0.6) is 5.88 Å². The van der Waals surface area contributed by atoms with Crippen LogP contribution in [0.25, 0.3) is 0 Å². The van der Waals surface area contributed by atoms with Crippen LogP contribution in [0.4, 0.5) is 0 Å². The minimum absolute atomic E-state index is 0.0116. The number of benzene rings is 1. The molecule has 4 rings (SSSR count). The number of nitrogens with one attached hydrogen (secondary N) is 1. The Kier molecular flexibility index (Phi) is 6.34. The molecule has 0 aliphatic carbocycles. The lowest BCUT2D eigenvalue weighted by atomic mass is 10.0. The molecule has 2 saturated heterocycles. The summed E-state index contributed by atoms with van der Waals surface area (Å²) < 4.78 is 30.3. The summed E-state index contributed by atoms with van der Waals surface area (Å²) >= 11 is 0. The van der Waals surface area contributed by atoms with E-state index in [1.807, 2.05) is 30.3 Å². The second kappa shape index (κ2) is 9.14. The monoisotopic (exact) mass is 429 g/mol. The number of aromatic nitrogens is 1. The molecule has 2 aromatic rings. The number of sulfone groups is 1. The number of hydrogen-bond acceptors (Lipinski definition) is 6. The predicted molar refractivity (Wildman–Crippen MR) is 114 cm³/mol. The van der Waals surface area contributed by atoms with Crippen LogP contribution in [0.1, 0.15) is 35.2 Å². The van der Waals surface area contributed by atoms with E-state index in [0.29, 0.717) is 18.1 Å². The molecule has 1 aromatic heterocycles. The lowest BCUT2D eigenvalue weighted by molar-refractivity contribution is 0.0899. The van der Waals surface area contributed by atoms with Crippen LogP contribution in [-0.2, 0) is 16.4 Å². The molecule has 30 heavy (non-hydrogen) atoms. The molecule has 3 heterocycles. The fourth-order valence-corrected chi connectivity index (χ4v) is 6.14. The first-order valence-electron chi connectivity index (χ1n) is 10.4. The van der Waals surface area contributed by atoms with Crippen LogP contribution < -0.4 is 10.1 Å². The number of amides is 1. The highest BCUT2D eigenvalue weighted by Crippen LogP contribution is 2.23. The van der Waals surface area contributed by atoms with Gasteiger partial charge in [-0.1, -0.05) is 36.8 Å². The van der Waals surface area contributed by atoms with Gasteiger partial charge in [0.25, 0.3) is 5.91 Å². The zero-order valence-electron chi connectivity index (χ0n) is 16.9. The molecule has 2 aliphatic rings. The lowest BCUT2D eigenvalue weighted by Crippen LogP contribution is -2.52. The number of piperidine rings is 1. The summed E-state index contributed by atoms with van der Waals surface area (Å²) in [4.78, 5) is 19.3. The summed E-state index contributed by atoms with van der Waals surface area (Å²) in [5.74, 6) is 0.159. The van der Waals surface area contributed by atoms with Crippen LogP contribution in [0.15, 0.2) is 48.7 Å². The topological polar surface area (TPSA) is 88.6 Å². The molecule has 0 radical (unpaired) electrons. The van der Waals surface area contributed by atoms with Crippen molar-refractivity contribution in [3.63, 3.8) is 0 Å². The number of pyridine rings is 1. The Bertz CT molecular complexity index is 975. The highest BCUT2D eigenvalue weighted by atomic mass is 32.2. The molecule has 8 heteroatoms. The van der Waals surface area contributed by atoms with E-state index in [0.717, 1.165) is 31.5 Å². The van der Waals surface area contributed by atoms with Gasteiger partial charge in [0, 0.05) is 23.9 Å². The van der Waals surface area contributed by atoms with E-state index in [4.69, 9.17) is 4.74 Å². The summed E-state index contributed by atoms with van der Waals surface area (Å²) in [6, 6.07) is 12.4. The van der Waals surface area contributed by atoms with Crippen molar-refractivity contribution < 1.29 is 17.9 Å². The van der Waals surface area contributed by atoms with E-state index in [1.54, 1.807) is 12.1 Å².